The van der Waals surface area contributed by atoms with Crippen LogP contribution in [-0.2, 0) is 4.79 Å². The summed E-state index contributed by atoms with van der Waals surface area (Å²) in [5, 5.41) is 13.4. The van der Waals surface area contributed by atoms with Crippen molar-refractivity contribution in [3.8, 4) is 11.5 Å². The quantitative estimate of drug-likeness (QED) is 0.706. The minimum absolute atomic E-state index is 0.0668. The monoisotopic (exact) mass is 414 g/mol. The van der Waals surface area contributed by atoms with Gasteiger partial charge in [0.1, 0.15) is 6.17 Å². The van der Waals surface area contributed by atoms with E-state index in [1.54, 1.807) is 6.08 Å². The zero-order chi connectivity index (χ0) is 20.0. The Morgan fingerprint density at radius 1 is 1.28 bits per heavy atom. The lowest BCUT2D eigenvalue weighted by atomic mass is 9.92. The molecule has 2 atom stereocenters. The summed E-state index contributed by atoms with van der Waals surface area (Å²) in [4.78, 5) is 17.0. The third-order valence-corrected chi connectivity index (χ3v) is 6.43. The molecule has 0 spiro atoms. The van der Waals surface area contributed by atoms with Gasteiger partial charge in [-0.05, 0) is 50.6 Å². The lowest BCUT2D eigenvalue weighted by Gasteiger charge is -2.38. The fourth-order valence-electron chi connectivity index (χ4n) is 4.39. The fraction of sp³-hybridized carbons (Fsp3) is 0.450. The lowest BCUT2D eigenvalue weighted by molar-refractivity contribution is -0.119. The van der Waals surface area contributed by atoms with E-state index in [1.165, 1.54) is 0 Å². The molecule has 1 aromatic carbocycles. The number of hydrogen-bond donors (Lipinski definition) is 3. The lowest BCUT2D eigenvalue weighted by Crippen LogP contribution is -2.54. The summed E-state index contributed by atoms with van der Waals surface area (Å²) in [6.07, 6.45) is 3.53. The van der Waals surface area contributed by atoms with Gasteiger partial charge in [-0.3, -0.25) is 9.80 Å². The van der Waals surface area contributed by atoms with Crippen LogP contribution in [0.5, 0.6) is 0 Å². The third-order valence-electron chi connectivity index (χ3n) is 6.02. The molecule has 2 fully saturated rings. The van der Waals surface area contributed by atoms with Gasteiger partial charge in [0.05, 0.1) is 5.92 Å². The molecule has 1 aromatic heterocycles. The number of aromatic nitrogens is 2. The third kappa shape index (κ3) is 3.31. The van der Waals surface area contributed by atoms with Crippen molar-refractivity contribution < 1.29 is 9.32 Å². The topological polar surface area (TPSA) is 95.3 Å². The number of fused-ring (bicyclic) bond motifs is 1. The van der Waals surface area contributed by atoms with Crippen LogP contribution in [0.25, 0.3) is 11.5 Å². The summed E-state index contributed by atoms with van der Waals surface area (Å²) >= 11 is 6.23. The van der Waals surface area contributed by atoms with E-state index >= 15 is 0 Å². The van der Waals surface area contributed by atoms with Crippen molar-refractivity contribution in [3.63, 3.8) is 0 Å². The van der Waals surface area contributed by atoms with E-state index in [9.17, 15) is 4.79 Å². The number of piperidine rings is 1. The van der Waals surface area contributed by atoms with Crippen molar-refractivity contribution in [1.82, 2.24) is 31.2 Å². The summed E-state index contributed by atoms with van der Waals surface area (Å²) in [5.41, 5.74) is 6.21. The second-order valence-corrected chi connectivity index (χ2v) is 8.16. The van der Waals surface area contributed by atoms with E-state index in [0.29, 0.717) is 29.2 Å². The molecule has 0 bridgehead atoms. The smallest absolute Gasteiger partial charge is 0.258 e. The number of amides is 1. The maximum absolute atomic E-state index is 12.4. The molecule has 3 aliphatic rings. The van der Waals surface area contributed by atoms with Gasteiger partial charge >= 0.3 is 0 Å². The van der Waals surface area contributed by atoms with Crippen LogP contribution in [0.15, 0.2) is 34.5 Å². The molecule has 0 saturated carbocycles. The average Bonchev–Trinajstić information content (AvgIpc) is 3.37. The molecule has 3 N–H and O–H groups in total. The highest BCUT2D eigenvalue weighted by atomic mass is 35.5. The van der Waals surface area contributed by atoms with Gasteiger partial charge < -0.3 is 15.2 Å². The van der Waals surface area contributed by atoms with Crippen LogP contribution >= 0.6 is 11.6 Å². The summed E-state index contributed by atoms with van der Waals surface area (Å²) < 4.78 is 5.55. The summed E-state index contributed by atoms with van der Waals surface area (Å²) in [5.74, 6) is 1.20. The molecule has 8 nitrogen and oxygen atoms in total. The van der Waals surface area contributed by atoms with Crippen LogP contribution in [0.2, 0.25) is 5.02 Å². The minimum atomic E-state index is -0.233. The summed E-state index contributed by atoms with van der Waals surface area (Å²) in [6.45, 7) is 4.50. The molecule has 152 valence electrons. The van der Waals surface area contributed by atoms with Gasteiger partial charge in [-0.1, -0.05) is 22.8 Å². The fourth-order valence-corrected chi connectivity index (χ4v) is 4.57. The maximum Gasteiger partial charge on any atom is 0.258 e. The molecule has 2 aromatic rings. The number of hydrogen-bond acceptors (Lipinski definition) is 7. The van der Waals surface area contributed by atoms with Gasteiger partial charge in [-0.25, -0.2) is 5.43 Å². The molecule has 9 heteroatoms. The molecule has 0 radical (unpaired) electrons. The number of carbonyl (C=O) groups is 1. The summed E-state index contributed by atoms with van der Waals surface area (Å²) in [6, 6.07) is 5.62. The van der Waals surface area contributed by atoms with E-state index in [1.807, 2.05) is 25.1 Å². The van der Waals surface area contributed by atoms with Gasteiger partial charge in [0.25, 0.3) is 5.89 Å². The molecule has 29 heavy (non-hydrogen) atoms. The SMILES string of the molecule is Cc1c(Cl)cccc1-c1nc(C2CNN3C(C4CCNCC4)=CC(=O)NC23)no1. The molecule has 3 aliphatic heterocycles. The largest absolute Gasteiger partial charge is 0.334 e. The van der Waals surface area contributed by atoms with E-state index in [2.05, 4.69) is 31.2 Å². The number of carbonyl (C=O) groups excluding carboxylic acids is 1. The standard InChI is InChI=1S/C20H23ClN6O2/c1-11-13(3-2-4-15(11)21)20-25-18(26-29-20)14-10-23-27-16(9-17(28)24-19(14)27)12-5-7-22-8-6-12/h2-4,9,12,14,19,22-23H,5-8,10H2,1H3,(H,24,28). The Bertz CT molecular complexity index is 968. The van der Waals surface area contributed by atoms with Crippen LogP contribution in [0.1, 0.15) is 30.1 Å². The van der Waals surface area contributed by atoms with Crippen molar-refractivity contribution in [2.75, 3.05) is 19.6 Å². The Kier molecular flexibility index (Phi) is 4.77. The average molecular weight is 415 g/mol. The number of nitrogens with zero attached hydrogens (tertiary/aromatic N) is 3. The van der Waals surface area contributed by atoms with Crippen LogP contribution < -0.4 is 16.1 Å². The number of halogens is 1. The number of hydrazine groups is 1. The number of nitrogens with one attached hydrogen (secondary N) is 3. The van der Waals surface area contributed by atoms with Gasteiger partial charge in [0.2, 0.25) is 5.91 Å². The molecule has 0 aliphatic carbocycles. The van der Waals surface area contributed by atoms with Crippen LogP contribution in [0.3, 0.4) is 0 Å². The van der Waals surface area contributed by atoms with E-state index in [-0.39, 0.29) is 18.0 Å². The number of benzene rings is 1. The molecule has 2 unspecified atom stereocenters. The zero-order valence-electron chi connectivity index (χ0n) is 16.1. The maximum atomic E-state index is 12.4. The Morgan fingerprint density at radius 3 is 2.93 bits per heavy atom. The first-order chi connectivity index (χ1) is 14.1. The van der Waals surface area contributed by atoms with Gasteiger partial charge in [-0.2, -0.15) is 4.98 Å². The molecule has 1 amide bonds. The van der Waals surface area contributed by atoms with Crippen molar-refractivity contribution >= 4 is 17.5 Å². The predicted octanol–water partition coefficient (Wildman–Crippen LogP) is 1.94. The highest BCUT2D eigenvalue weighted by Crippen LogP contribution is 2.35. The van der Waals surface area contributed by atoms with Gasteiger partial charge in [-0.15, -0.1) is 0 Å². The van der Waals surface area contributed by atoms with Crippen LogP contribution in [0, 0.1) is 12.8 Å². The highest BCUT2D eigenvalue weighted by Gasteiger charge is 2.43. The van der Waals surface area contributed by atoms with Gasteiger partial charge in [0.15, 0.2) is 5.82 Å². The zero-order valence-corrected chi connectivity index (χ0v) is 16.9. The Balaban J connectivity index is 1.41. The second kappa shape index (κ2) is 7.44. The number of rotatable bonds is 3. The molecule has 4 heterocycles. The first-order valence-electron chi connectivity index (χ1n) is 9.96. The van der Waals surface area contributed by atoms with E-state index in [0.717, 1.165) is 42.8 Å². The van der Waals surface area contributed by atoms with Crippen molar-refractivity contribution in [2.45, 2.75) is 31.8 Å². The summed E-state index contributed by atoms with van der Waals surface area (Å²) in [7, 11) is 0. The first-order valence-corrected chi connectivity index (χ1v) is 10.3. The van der Waals surface area contributed by atoms with Crippen LogP contribution in [0.4, 0.5) is 0 Å². The second-order valence-electron chi connectivity index (χ2n) is 7.76. The van der Waals surface area contributed by atoms with Crippen molar-refractivity contribution in [1.29, 1.82) is 0 Å². The van der Waals surface area contributed by atoms with Crippen molar-refractivity contribution in [2.24, 2.45) is 5.92 Å². The first kappa shape index (κ1) is 18.6. The molecule has 2 saturated heterocycles. The molecular weight excluding hydrogens is 392 g/mol. The van der Waals surface area contributed by atoms with Gasteiger partial charge in [0, 0.05) is 34.8 Å². The predicted molar refractivity (Wildman–Crippen MR) is 108 cm³/mol. The Hall–Kier alpha value is -2.42. The van der Waals surface area contributed by atoms with Crippen LogP contribution in [-0.4, -0.2) is 46.9 Å². The minimum Gasteiger partial charge on any atom is -0.334 e. The van der Waals surface area contributed by atoms with E-state index in [4.69, 9.17) is 16.1 Å². The van der Waals surface area contributed by atoms with Crippen molar-refractivity contribution in [3.05, 3.63) is 46.4 Å². The molecular formula is C20H23ClN6O2. The molecule has 5 rings (SSSR count). The Morgan fingerprint density at radius 2 is 2.10 bits per heavy atom. The highest BCUT2D eigenvalue weighted by molar-refractivity contribution is 6.31. The number of allylic oxidation sites excluding steroid dienone is 1. The Labute approximate surface area is 173 Å². The van der Waals surface area contributed by atoms with E-state index < -0.39 is 0 Å². The normalized spacial score (nSPS) is 25.0.